The van der Waals surface area contributed by atoms with E-state index in [4.69, 9.17) is 0 Å². The second-order valence-electron chi connectivity index (χ2n) is 4.78. The van der Waals surface area contributed by atoms with Crippen molar-refractivity contribution < 1.29 is 0 Å². The summed E-state index contributed by atoms with van der Waals surface area (Å²) in [5.41, 5.74) is 3.15. The van der Waals surface area contributed by atoms with Crippen molar-refractivity contribution in [3.63, 3.8) is 0 Å². The van der Waals surface area contributed by atoms with Crippen molar-refractivity contribution >= 4 is 5.71 Å². The molecule has 0 heterocycles. The zero-order valence-electron chi connectivity index (χ0n) is 12.2. The molecule has 21 heavy (non-hydrogen) atoms. The molecule has 2 rings (SSSR count). The van der Waals surface area contributed by atoms with Gasteiger partial charge in [-0.1, -0.05) is 60.7 Å². The van der Waals surface area contributed by atoms with Crippen LogP contribution < -0.4 is 0 Å². The summed E-state index contributed by atoms with van der Waals surface area (Å²) in [5, 5.41) is 9.27. The van der Waals surface area contributed by atoms with Crippen LogP contribution in [0.25, 0.3) is 0 Å². The highest BCUT2D eigenvalue weighted by Crippen LogP contribution is 2.13. The summed E-state index contributed by atoms with van der Waals surface area (Å²) in [6, 6.07) is 21.9. The van der Waals surface area contributed by atoms with Crippen LogP contribution in [-0.4, -0.2) is 24.7 Å². The fourth-order valence-corrected chi connectivity index (χ4v) is 1.94. The Bertz CT molecular complexity index is 636. The molecular formula is C18H17N3. The van der Waals surface area contributed by atoms with Gasteiger partial charge in [-0.3, -0.25) is 0 Å². The number of rotatable bonds is 4. The van der Waals surface area contributed by atoms with Gasteiger partial charge in [0.15, 0.2) is 5.70 Å². The molecule has 0 saturated carbocycles. The summed E-state index contributed by atoms with van der Waals surface area (Å²) in [5.74, 6) is 0. The van der Waals surface area contributed by atoms with E-state index in [2.05, 4.69) is 11.1 Å². The van der Waals surface area contributed by atoms with Gasteiger partial charge in [-0.05, 0) is 0 Å². The van der Waals surface area contributed by atoms with E-state index in [0.717, 1.165) is 16.8 Å². The van der Waals surface area contributed by atoms with Crippen LogP contribution in [0, 0.1) is 11.3 Å². The highest BCUT2D eigenvalue weighted by molar-refractivity contribution is 6.13. The Kier molecular flexibility index (Phi) is 4.89. The van der Waals surface area contributed by atoms with Crippen molar-refractivity contribution in [2.45, 2.75) is 0 Å². The monoisotopic (exact) mass is 275 g/mol. The predicted molar refractivity (Wildman–Crippen MR) is 85.9 cm³/mol. The van der Waals surface area contributed by atoms with Crippen LogP contribution in [0.1, 0.15) is 11.1 Å². The number of nitrogens with zero attached hydrogens (tertiary/aromatic N) is 3. The molecule has 0 aliphatic heterocycles. The minimum Gasteiger partial charge on any atom is -0.381 e. The fourth-order valence-electron chi connectivity index (χ4n) is 1.94. The van der Waals surface area contributed by atoms with Gasteiger partial charge in [0.05, 0.1) is 5.71 Å². The van der Waals surface area contributed by atoms with Gasteiger partial charge in [0, 0.05) is 31.4 Å². The third-order valence-electron chi connectivity index (χ3n) is 2.82. The molecule has 0 aromatic heterocycles. The van der Waals surface area contributed by atoms with Crippen LogP contribution in [0.15, 0.2) is 77.6 Å². The molecule has 0 radical (unpaired) electrons. The van der Waals surface area contributed by atoms with E-state index in [0.29, 0.717) is 5.70 Å². The van der Waals surface area contributed by atoms with Crippen LogP contribution >= 0.6 is 0 Å². The third kappa shape index (κ3) is 4.05. The Morgan fingerprint density at radius 1 is 0.952 bits per heavy atom. The van der Waals surface area contributed by atoms with E-state index in [1.165, 1.54) is 0 Å². The van der Waals surface area contributed by atoms with E-state index < -0.39 is 0 Å². The largest absolute Gasteiger partial charge is 0.381 e. The Morgan fingerprint density at radius 2 is 1.43 bits per heavy atom. The first-order chi connectivity index (χ1) is 10.2. The maximum absolute atomic E-state index is 9.27. The summed E-state index contributed by atoms with van der Waals surface area (Å²) >= 11 is 0. The van der Waals surface area contributed by atoms with E-state index >= 15 is 0 Å². The molecule has 0 aliphatic carbocycles. The SMILES string of the molecule is CN(C)C=C(C#N)N=C(c1ccccc1)c1ccccc1. The molecule has 0 spiro atoms. The lowest BCUT2D eigenvalue weighted by molar-refractivity contribution is 0.559. The topological polar surface area (TPSA) is 39.4 Å². The van der Waals surface area contributed by atoms with E-state index in [-0.39, 0.29) is 0 Å². The molecule has 2 aromatic carbocycles. The highest BCUT2D eigenvalue weighted by atomic mass is 15.0. The molecule has 0 fully saturated rings. The van der Waals surface area contributed by atoms with Crippen LogP contribution in [0.4, 0.5) is 0 Å². The van der Waals surface area contributed by atoms with Crippen LogP contribution in [0.2, 0.25) is 0 Å². The molecule has 3 heteroatoms. The van der Waals surface area contributed by atoms with E-state index in [1.807, 2.05) is 79.7 Å². The molecule has 0 saturated heterocycles. The van der Waals surface area contributed by atoms with Gasteiger partial charge in [0.1, 0.15) is 6.07 Å². The number of allylic oxidation sites excluding steroid dienone is 1. The number of benzene rings is 2. The first-order valence-corrected chi connectivity index (χ1v) is 6.68. The molecule has 0 unspecified atom stereocenters. The van der Waals surface area contributed by atoms with Gasteiger partial charge in [-0.2, -0.15) is 5.26 Å². The predicted octanol–water partition coefficient (Wildman–Crippen LogP) is 3.45. The van der Waals surface area contributed by atoms with E-state index in [1.54, 1.807) is 6.20 Å². The average molecular weight is 275 g/mol. The first-order valence-electron chi connectivity index (χ1n) is 6.68. The van der Waals surface area contributed by atoms with Crippen molar-refractivity contribution in [3.8, 4) is 6.07 Å². The lowest BCUT2D eigenvalue weighted by Gasteiger charge is -2.08. The molecular weight excluding hydrogens is 258 g/mol. The summed E-state index contributed by atoms with van der Waals surface area (Å²) in [4.78, 5) is 6.37. The maximum Gasteiger partial charge on any atom is 0.156 e. The molecule has 0 bridgehead atoms. The zero-order valence-corrected chi connectivity index (χ0v) is 12.2. The van der Waals surface area contributed by atoms with E-state index in [9.17, 15) is 5.26 Å². The Morgan fingerprint density at radius 3 is 1.81 bits per heavy atom. The lowest BCUT2D eigenvalue weighted by atomic mass is 10.0. The molecule has 2 aromatic rings. The smallest absolute Gasteiger partial charge is 0.156 e. The van der Waals surface area contributed by atoms with Gasteiger partial charge in [-0.25, -0.2) is 4.99 Å². The van der Waals surface area contributed by atoms with Gasteiger partial charge >= 0.3 is 0 Å². The second-order valence-corrected chi connectivity index (χ2v) is 4.78. The van der Waals surface area contributed by atoms with Crippen molar-refractivity contribution in [3.05, 3.63) is 83.7 Å². The normalized spacial score (nSPS) is 10.6. The molecule has 0 N–H and O–H groups in total. The number of hydrogen-bond acceptors (Lipinski definition) is 3. The minimum atomic E-state index is 0.378. The van der Waals surface area contributed by atoms with Gasteiger partial charge in [0.2, 0.25) is 0 Å². The summed E-state index contributed by atoms with van der Waals surface area (Å²) in [6.45, 7) is 0. The summed E-state index contributed by atoms with van der Waals surface area (Å²) < 4.78 is 0. The number of aliphatic imine (C=N–C) groups is 1. The van der Waals surface area contributed by atoms with Crippen LogP contribution in [0.5, 0.6) is 0 Å². The third-order valence-corrected chi connectivity index (χ3v) is 2.82. The first kappa shape index (κ1) is 14.5. The average Bonchev–Trinajstić information content (AvgIpc) is 2.52. The quantitative estimate of drug-likeness (QED) is 0.633. The Hall–Kier alpha value is -2.86. The second kappa shape index (κ2) is 7.06. The fraction of sp³-hybridized carbons (Fsp3) is 0.111. The lowest BCUT2D eigenvalue weighted by Crippen LogP contribution is -2.06. The number of hydrogen-bond donors (Lipinski definition) is 0. The Balaban J connectivity index is 2.55. The molecule has 0 atom stereocenters. The molecule has 3 nitrogen and oxygen atoms in total. The van der Waals surface area contributed by atoms with Gasteiger partial charge in [0.25, 0.3) is 0 Å². The molecule has 0 amide bonds. The van der Waals surface area contributed by atoms with Crippen molar-refractivity contribution in [1.29, 1.82) is 5.26 Å². The number of nitriles is 1. The standard InChI is InChI=1S/C18H17N3/c1-21(2)14-17(13-19)20-18(15-9-5-3-6-10-15)16-11-7-4-8-12-16/h3-12,14H,1-2H3. The minimum absolute atomic E-state index is 0.378. The van der Waals surface area contributed by atoms with Crippen molar-refractivity contribution in [1.82, 2.24) is 4.90 Å². The van der Waals surface area contributed by atoms with Crippen molar-refractivity contribution in [2.75, 3.05) is 14.1 Å². The molecule has 104 valence electrons. The van der Waals surface area contributed by atoms with Crippen molar-refractivity contribution in [2.24, 2.45) is 4.99 Å². The molecule has 0 aliphatic rings. The van der Waals surface area contributed by atoms with Gasteiger partial charge in [-0.15, -0.1) is 0 Å². The Labute approximate surface area is 125 Å². The van der Waals surface area contributed by atoms with Crippen LogP contribution in [-0.2, 0) is 0 Å². The summed E-state index contributed by atoms with van der Waals surface area (Å²) in [7, 11) is 3.75. The van der Waals surface area contributed by atoms with Gasteiger partial charge < -0.3 is 4.90 Å². The zero-order chi connectivity index (χ0) is 15.1. The highest BCUT2D eigenvalue weighted by Gasteiger charge is 2.07. The maximum atomic E-state index is 9.27. The van der Waals surface area contributed by atoms with Crippen LogP contribution in [0.3, 0.4) is 0 Å². The summed E-state index contributed by atoms with van der Waals surface area (Å²) in [6.07, 6.45) is 1.71.